The first kappa shape index (κ1) is 20.3. The number of carbonyl (C=O) groups excluding carboxylic acids is 1. The van der Waals surface area contributed by atoms with Crippen molar-refractivity contribution in [2.45, 2.75) is 46.5 Å². The molecule has 1 N–H and O–H groups in total. The molecule has 0 aliphatic carbocycles. The number of hydrogen-bond donors (Lipinski definition) is 1. The molecule has 4 rings (SSSR count). The zero-order valence-electron chi connectivity index (χ0n) is 18.3. The SMILES string of the molecule is Cc1ccc2c(Nc3ccc(C(C)C)cc3)c(C(=O)N3CCC[C@@H](C)C3)cnc2n1. The average molecular weight is 403 g/mol. The summed E-state index contributed by atoms with van der Waals surface area (Å²) in [4.78, 5) is 24.5. The first-order chi connectivity index (χ1) is 14.4. The molecule has 156 valence electrons. The van der Waals surface area contributed by atoms with Gasteiger partial charge in [-0.15, -0.1) is 0 Å². The summed E-state index contributed by atoms with van der Waals surface area (Å²) in [7, 11) is 0. The van der Waals surface area contributed by atoms with Crippen LogP contribution in [0.5, 0.6) is 0 Å². The van der Waals surface area contributed by atoms with Crippen molar-refractivity contribution >= 4 is 28.3 Å². The molecular formula is C25H30N4O. The van der Waals surface area contributed by atoms with Gasteiger partial charge >= 0.3 is 0 Å². The summed E-state index contributed by atoms with van der Waals surface area (Å²) >= 11 is 0. The Morgan fingerprint density at radius 3 is 2.63 bits per heavy atom. The van der Waals surface area contributed by atoms with E-state index in [1.165, 1.54) is 12.0 Å². The molecule has 1 atom stereocenters. The highest BCUT2D eigenvalue weighted by molar-refractivity contribution is 6.07. The van der Waals surface area contributed by atoms with Crippen LogP contribution in [0.15, 0.2) is 42.6 Å². The average Bonchev–Trinajstić information content (AvgIpc) is 2.73. The van der Waals surface area contributed by atoms with E-state index in [-0.39, 0.29) is 5.91 Å². The van der Waals surface area contributed by atoms with E-state index in [0.29, 0.717) is 23.0 Å². The van der Waals surface area contributed by atoms with E-state index in [0.717, 1.165) is 42.0 Å². The zero-order valence-corrected chi connectivity index (χ0v) is 18.3. The van der Waals surface area contributed by atoms with Crippen molar-refractivity contribution in [3.05, 3.63) is 59.4 Å². The molecule has 1 saturated heterocycles. The number of hydrogen-bond acceptors (Lipinski definition) is 4. The third-order valence-corrected chi connectivity index (χ3v) is 5.89. The number of benzene rings is 1. The van der Waals surface area contributed by atoms with E-state index in [2.05, 4.69) is 60.3 Å². The van der Waals surface area contributed by atoms with Crippen LogP contribution in [0, 0.1) is 12.8 Å². The molecule has 0 unspecified atom stereocenters. The third-order valence-electron chi connectivity index (χ3n) is 5.89. The highest BCUT2D eigenvalue weighted by Crippen LogP contribution is 2.31. The molecule has 3 aromatic rings. The summed E-state index contributed by atoms with van der Waals surface area (Å²) in [6, 6.07) is 12.4. The highest BCUT2D eigenvalue weighted by atomic mass is 16.2. The Morgan fingerprint density at radius 2 is 1.93 bits per heavy atom. The van der Waals surface area contributed by atoms with Gasteiger partial charge in [-0.05, 0) is 61.4 Å². The lowest BCUT2D eigenvalue weighted by molar-refractivity contribution is 0.0684. The van der Waals surface area contributed by atoms with Crippen LogP contribution >= 0.6 is 0 Å². The second-order valence-electron chi connectivity index (χ2n) is 8.77. The first-order valence-corrected chi connectivity index (χ1v) is 10.8. The molecule has 1 aromatic carbocycles. The number of fused-ring (bicyclic) bond motifs is 1. The van der Waals surface area contributed by atoms with Gasteiger partial charge < -0.3 is 10.2 Å². The van der Waals surface area contributed by atoms with Gasteiger partial charge in [0.2, 0.25) is 0 Å². The molecule has 1 aliphatic heterocycles. The number of anilines is 2. The standard InChI is InChI=1S/C25H30N4O/c1-16(2)19-8-10-20(11-9-19)28-23-21-12-7-18(4)27-24(21)26-14-22(23)25(30)29-13-5-6-17(3)15-29/h7-12,14,16-17H,5-6,13,15H2,1-4H3,(H,26,27,28)/t17-/m1/s1. The minimum absolute atomic E-state index is 0.0397. The van der Waals surface area contributed by atoms with Gasteiger partial charge in [0.15, 0.2) is 5.65 Å². The summed E-state index contributed by atoms with van der Waals surface area (Å²) < 4.78 is 0. The van der Waals surface area contributed by atoms with Crippen LogP contribution in [0.25, 0.3) is 11.0 Å². The van der Waals surface area contributed by atoms with Gasteiger partial charge in [-0.3, -0.25) is 4.79 Å². The molecule has 5 heteroatoms. The summed E-state index contributed by atoms with van der Waals surface area (Å²) in [6.07, 6.45) is 3.91. The largest absolute Gasteiger partial charge is 0.354 e. The molecule has 3 heterocycles. The lowest BCUT2D eigenvalue weighted by Crippen LogP contribution is -2.39. The molecular weight excluding hydrogens is 372 g/mol. The molecule has 1 aliphatic rings. The zero-order chi connectivity index (χ0) is 21.3. The van der Waals surface area contributed by atoms with E-state index in [4.69, 9.17) is 0 Å². The Bertz CT molecular complexity index is 1060. The molecule has 1 fully saturated rings. The Morgan fingerprint density at radius 1 is 1.17 bits per heavy atom. The first-order valence-electron chi connectivity index (χ1n) is 10.8. The Hall–Kier alpha value is -2.95. The maximum Gasteiger partial charge on any atom is 0.257 e. The van der Waals surface area contributed by atoms with Crippen LogP contribution in [-0.4, -0.2) is 33.9 Å². The second kappa shape index (κ2) is 8.42. The number of nitrogens with zero attached hydrogens (tertiary/aromatic N) is 3. The number of carbonyl (C=O) groups is 1. The van der Waals surface area contributed by atoms with Crippen molar-refractivity contribution in [2.75, 3.05) is 18.4 Å². The summed E-state index contributed by atoms with van der Waals surface area (Å²) in [5.41, 5.74) is 5.19. The number of rotatable bonds is 4. The van der Waals surface area contributed by atoms with Gasteiger partial charge in [-0.25, -0.2) is 9.97 Å². The number of piperidine rings is 1. The smallest absolute Gasteiger partial charge is 0.257 e. The number of amides is 1. The molecule has 5 nitrogen and oxygen atoms in total. The number of pyridine rings is 2. The van der Waals surface area contributed by atoms with Crippen LogP contribution < -0.4 is 5.32 Å². The number of likely N-dealkylation sites (tertiary alicyclic amines) is 1. The van der Waals surface area contributed by atoms with Gasteiger partial charge in [0.1, 0.15) is 0 Å². The van der Waals surface area contributed by atoms with Gasteiger partial charge in [0.05, 0.1) is 11.3 Å². The van der Waals surface area contributed by atoms with Crippen LogP contribution in [0.1, 0.15) is 61.1 Å². The Labute approximate surface area is 178 Å². The third kappa shape index (κ3) is 4.16. The lowest BCUT2D eigenvalue weighted by Gasteiger charge is -2.31. The van der Waals surface area contributed by atoms with Gasteiger partial charge in [-0.1, -0.05) is 32.9 Å². The predicted molar refractivity (Wildman–Crippen MR) is 122 cm³/mol. The van der Waals surface area contributed by atoms with Crippen LogP contribution in [0.4, 0.5) is 11.4 Å². The number of aryl methyl sites for hydroxylation is 1. The minimum atomic E-state index is 0.0397. The van der Waals surface area contributed by atoms with Crippen molar-refractivity contribution in [1.82, 2.24) is 14.9 Å². The van der Waals surface area contributed by atoms with E-state index in [1.807, 2.05) is 24.0 Å². The molecule has 2 aromatic heterocycles. The second-order valence-corrected chi connectivity index (χ2v) is 8.77. The van der Waals surface area contributed by atoms with Crippen LogP contribution in [0.2, 0.25) is 0 Å². The van der Waals surface area contributed by atoms with E-state index < -0.39 is 0 Å². The van der Waals surface area contributed by atoms with Crippen molar-refractivity contribution in [3.63, 3.8) is 0 Å². The van der Waals surface area contributed by atoms with Gasteiger partial charge in [-0.2, -0.15) is 0 Å². The summed E-state index contributed by atoms with van der Waals surface area (Å²) in [5.74, 6) is 1.05. The molecule has 0 spiro atoms. The summed E-state index contributed by atoms with van der Waals surface area (Å²) in [6.45, 7) is 10.1. The van der Waals surface area contributed by atoms with Crippen molar-refractivity contribution < 1.29 is 4.79 Å². The Kier molecular flexibility index (Phi) is 5.71. The maximum absolute atomic E-state index is 13.4. The topological polar surface area (TPSA) is 58.1 Å². The van der Waals surface area contributed by atoms with Crippen molar-refractivity contribution in [3.8, 4) is 0 Å². The fraction of sp³-hybridized carbons (Fsp3) is 0.400. The monoisotopic (exact) mass is 402 g/mol. The fourth-order valence-corrected chi connectivity index (χ4v) is 4.11. The molecule has 30 heavy (non-hydrogen) atoms. The lowest BCUT2D eigenvalue weighted by atomic mass is 9.99. The fourth-order valence-electron chi connectivity index (χ4n) is 4.11. The van der Waals surface area contributed by atoms with Gasteiger partial charge in [0, 0.05) is 36.1 Å². The normalized spacial score (nSPS) is 16.8. The minimum Gasteiger partial charge on any atom is -0.354 e. The van der Waals surface area contributed by atoms with E-state index in [1.54, 1.807) is 6.20 Å². The van der Waals surface area contributed by atoms with Gasteiger partial charge in [0.25, 0.3) is 5.91 Å². The maximum atomic E-state index is 13.4. The summed E-state index contributed by atoms with van der Waals surface area (Å²) in [5, 5.41) is 4.37. The highest BCUT2D eigenvalue weighted by Gasteiger charge is 2.25. The van der Waals surface area contributed by atoms with Crippen molar-refractivity contribution in [2.24, 2.45) is 5.92 Å². The number of nitrogens with one attached hydrogen (secondary N) is 1. The van der Waals surface area contributed by atoms with Crippen LogP contribution in [-0.2, 0) is 0 Å². The molecule has 1 amide bonds. The van der Waals surface area contributed by atoms with Crippen LogP contribution in [0.3, 0.4) is 0 Å². The van der Waals surface area contributed by atoms with E-state index in [9.17, 15) is 4.79 Å². The number of aromatic nitrogens is 2. The quantitative estimate of drug-likeness (QED) is 0.610. The molecule has 0 bridgehead atoms. The van der Waals surface area contributed by atoms with Crippen molar-refractivity contribution in [1.29, 1.82) is 0 Å². The molecule has 0 radical (unpaired) electrons. The predicted octanol–water partition coefficient (Wildman–Crippen LogP) is 5.68. The van der Waals surface area contributed by atoms with E-state index >= 15 is 0 Å². The molecule has 0 saturated carbocycles. The Balaban J connectivity index is 1.76.